The van der Waals surface area contributed by atoms with Gasteiger partial charge in [-0.2, -0.15) is 9.49 Å². The van der Waals surface area contributed by atoms with Crippen LogP contribution in [0.2, 0.25) is 0 Å². The number of aromatic nitrogens is 2. The molecule has 2 aromatic rings. The summed E-state index contributed by atoms with van der Waals surface area (Å²) in [5.41, 5.74) is -0.959. The Morgan fingerprint density at radius 3 is 2.65 bits per heavy atom. The SMILES string of the molecule is COc1cccc(OC2=CC(=O)N([C@@H](CC(C)C)C(=O)Nc3ccn(CC(C)(C)O)n3)C2)c1F. The summed E-state index contributed by atoms with van der Waals surface area (Å²) in [6.45, 7) is 7.51. The third-order valence-corrected chi connectivity index (χ3v) is 5.10. The molecule has 10 heteroatoms. The molecule has 1 aliphatic heterocycles. The largest absolute Gasteiger partial charge is 0.494 e. The van der Waals surface area contributed by atoms with Gasteiger partial charge in [0, 0.05) is 18.3 Å². The quantitative estimate of drug-likeness (QED) is 0.549. The standard InChI is InChI=1S/C24H31FN4O5/c1-15(2)11-17(23(31)26-20-9-10-28(27-20)14-24(3,4)32)29-13-16(12-21(29)30)34-19-8-6-7-18(33-5)22(19)25/h6-10,12,15,17,32H,11,13-14H2,1-5H3,(H,26,27,31)/t17-/m0/s1. The molecule has 0 unspecified atom stereocenters. The molecular weight excluding hydrogens is 443 g/mol. The van der Waals surface area contributed by atoms with Gasteiger partial charge in [0.1, 0.15) is 11.8 Å². The normalized spacial score (nSPS) is 14.9. The number of hydrogen-bond donors (Lipinski definition) is 2. The van der Waals surface area contributed by atoms with Crippen LogP contribution in [0.3, 0.4) is 0 Å². The minimum absolute atomic E-state index is 0.0213. The molecule has 0 spiro atoms. The number of anilines is 1. The number of carbonyl (C=O) groups excluding carboxylic acids is 2. The molecular formula is C24H31FN4O5. The highest BCUT2D eigenvalue weighted by molar-refractivity contribution is 5.99. The second-order valence-electron chi connectivity index (χ2n) is 9.30. The Hall–Kier alpha value is -3.40. The molecule has 0 saturated heterocycles. The molecule has 0 radical (unpaired) electrons. The van der Waals surface area contributed by atoms with E-state index in [0.717, 1.165) is 0 Å². The third-order valence-electron chi connectivity index (χ3n) is 5.10. The molecule has 3 rings (SSSR count). The van der Waals surface area contributed by atoms with Crippen molar-refractivity contribution >= 4 is 17.6 Å². The lowest BCUT2D eigenvalue weighted by Crippen LogP contribution is -2.46. The van der Waals surface area contributed by atoms with Crippen LogP contribution in [0, 0.1) is 11.7 Å². The highest BCUT2D eigenvalue weighted by Gasteiger charge is 2.35. The molecule has 1 aromatic carbocycles. The zero-order valence-electron chi connectivity index (χ0n) is 20.0. The Labute approximate surface area is 198 Å². The Balaban J connectivity index is 1.72. The van der Waals surface area contributed by atoms with Crippen molar-refractivity contribution in [2.45, 2.75) is 52.3 Å². The molecule has 0 aliphatic carbocycles. The summed E-state index contributed by atoms with van der Waals surface area (Å²) in [5, 5.41) is 17.0. The molecule has 0 fully saturated rings. The summed E-state index contributed by atoms with van der Waals surface area (Å²) in [6.07, 6.45) is 3.33. The summed E-state index contributed by atoms with van der Waals surface area (Å²) in [7, 11) is 1.35. The van der Waals surface area contributed by atoms with Gasteiger partial charge in [-0.3, -0.25) is 14.3 Å². The van der Waals surface area contributed by atoms with E-state index >= 15 is 0 Å². The lowest BCUT2D eigenvalue weighted by Gasteiger charge is -2.28. The molecule has 2 heterocycles. The number of ether oxygens (including phenoxy) is 2. The van der Waals surface area contributed by atoms with Gasteiger partial charge in [0.05, 0.1) is 25.8 Å². The summed E-state index contributed by atoms with van der Waals surface area (Å²) in [4.78, 5) is 27.3. The van der Waals surface area contributed by atoms with E-state index in [0.29, 0.717) is 12.2 Å². The minimum Gasteiger partial charge on any atom is -0.494 e. The Bertz CT molecular complexity index is 1070. The van der Waals surface area contributed by atoms with Crippen molar-refractivity contribution in [3.8, 4) is 11.5 Å². The first-order valence-electron chi connectivity index (χ1n) is 11.0. The van der Waals surface area contributed by atoms with Crippen LogP contribution < -0.4 is 14.8 Å². The predicted molar refractivity (Wildman–Crippen MR) is 124 cm³/mol. The molecule has 9 nitrogen and oxygen atoms in total. The second-order valence-corrected chi connectivity index (χ2v) is 9.30. The van der Waals surface area contributed by atoms with E-state index in [4.69, 9.17) is 9.47 Å². The number of rotatable bonds is 10. The number of halogens is 1. The molecule has 1 aliphatic rings. The fraction of sp³-hybridized carbons (Fsp3) is 0.458. The molecule has 184 valence electrons. The smallest absolute Gasteiger partial charge is 0.251 e. The van der Waals surface area contributed by atoms with Gasteiger partial charge < -0.3 is 24.8 Å². The summed E-state index contributed by atoms with van der Waals surface area (Å²) in [6, 6.07) is 5.33. The average Bonchev–Trinajstić information content (AvgIpc) is 3.31. The predicted octanol–water partition coefficient (Wildman–Crippen LogP) is 2.96. The number of benzene rings is 1. The highest BCUT2D eigenvalue weighted by atomic mass is 19.1. The Kier molecular flexibility index (Phi) is 7.61. The number of nitrogens with zero attached hydrogens (tertiary/aromatic N) is 3. The van der Waals surface area contributed by atoms with Gasteiger partial charge in [-0.05, 0) is 38.3 Å². The minimum atomic E-state index is -0.959. The van der Waals surface area contributed by atoms with Gasteiger partial charge in [0.2, 0.25) is 11.7 Å². The Morgan fingerprint density at radius 2 is 2.00 bits per heavy atom. The van der Waals surface area contributed by atoms with Crippen LogP contribution in [0.4, 0.5) is 10.2 Å². The van der Waals surface area contributed by atoms with E-state index in [-0.39, 0.29) is 36.3 Å². The Morgan fingerprint density at radius 1 is 1.29 bits per heavy atom. The van der Waals surface area contributed by atoms with Crippen LogP contribution in [-0.2, 0) is 16.1 Å². The van der Waals surface area contributed by atoms with E-state index in [1.54, 1.807) is 32.2 Å². The van der Waals surface area contributed by atoms with E-state index in [2.05, 4.69) is 10.4 Å². The summed E-state index contributed by atoms with van der Waals surface area (Å²) < 4.78 is 26.6. The van der Waals surface area contributed by atoms with E-state index in [9.17, 15) is 19.1 Å². The van der Waals surface area contributed by atoms with Crippen molar-refractivity contribution < 1.29 is 28.6 Å². The summed E-state index contributed by atoms with van der Waals surface area (Å²) >= 11 is 0. The molecule has 1 atom stereocenters. The number of methoxy groups -OCH3 is 1. The van der Waals surface area contributed by atoms with Crippen LogP contribution in [0.5, 0.6) is 11.5 Å². The van der Waals surface area contributed by atoms with Crippen molar-refractivity contribution in [2.24, 2.45) is 5.92 Å². The molecule has 0 saturated carbocycles. The maximum absolute atomic E-state index is 14.5. The van der Waals surface area contributed by atoms with Gasteiger partial charge in [0.25, 0.3) is 5.91 Å². The molecule has 2 amide bonds. The maximum Gasteiger partial charge on any atom is 0.251 e. The maximum atomic E-state index is 14.5. The number of nitrogens with one attached hydrogen (secondary N) is 1. The highest BCUT2D eigenvalue weighted by Crippen LogP contribution is 2.29. The van der Waals surface area contributed by atoms with Crippen LogP contribution in [0.25, 0.3) is 0 Å². The fourth-order valence-corrected chi connectivity index (χ4v) is 3.65. The van der Waals surface area contributed by atoms with Gasteiger partial charge in [-0.25, -0.2) is 0 Å². The molecule has 0 bridgehead atoms. The first kappa shape index (κ1) is 25.2. The van der Waals surface area contributed by atoms with Crippen LogP contribution in [-0.4, -0.2) is 56.9 Å². The molecule has 34 heavy (non-hydrogen) atoms. The third kappa shape index (κ3) is 6.34. The average molecular weight is 475 g/mol. The van der Waals surface area contributed by atoms with Gasteiger partial charge >= 0.3 is 0 Å². The topological polar surface area (TPSA) is 106 Å². The van der Waals surface area contributed by atoms with Crippen molar-refractivity contribution in [2.75, 3.05) is 19.0 Å². The lowest BCUT2D eigenvalue weighted by molar-refractivity contribution is -0.133. The van der Waals surface area contributed by atoms with Crippen molar-refractivity contribution in [1.82, 2.24) is 14.7 Å². The van der Waals surface area contributed by atoms with Crippen molar-refractivity contribution in [3.63, 3.8) is 0 Å². The van der Waals surface area contributed by atoms with Crippen molar-refractivity contribution in [3.05, 3.63) is 48.1 Å². The number of carbonyl (C=O) groups is 2. The lowest BCUT2D eigenvalue weighted by atomic mass is 10.0. The van der Waals surface area contributed by atoms with E-state index < -0.39 is 29.3 Å². The van der Waals surface area contributed by atoms with Gasteiger partial charge in [-0.1, -0.05) is 19.9 Å². The van der Waals surface area contributed by atoms with Crippen LogP contribution in [0.1, 0.15) is 34.1 Å². The number of amides is 2. The van der Waals surface area contributed by atoms with Gasteiger partial charge in [-0.15, -0.1) is 0 Å². The zero-order chi connectivity index (χ0) is 25.0. The molecule has 2 N–H and O–H groups in total. The number of aliphatic hydroxyl groups is 1. The molecule has 1 aromatic heterocycles. The van der Waals surface area contributed by atoms with Crippen LogP contribution in [0.15, 0.2) is 42.3 Å². The first-order chi connectivity index (χ1) is 16.0. The van der Waals surface area contributed by atoms with Gasteiger partial charge in [0.15, 0.2) is 17.3 Å². The monoisotopic (exact) mass is 474 g/mol. The number of hydrogen-bond acceptors (Lipinski definition) is 6. The van der Waals surface area contributed by atoms with E-state index in [1.165, 1.54) is 34.9 Å². The summed E-state index contributed by atoms with van der Waals surface area (Å²) in [5.74, 6) is -0.829. The van der Waals surface area contributed by atoms with Crippen LogP contribution >= 0.6 is 0 Å². The zero-order valence-corrected chi connectivity index (χ0v) is 20.0. The first-order valence-corrected chi connectivity index (χ1v) is 11.0. The fourth-order valence-electron chi connectivity index (χ4n) is 3.65. The van der Waals surface area contributed by atoms with Crippen molar-refractivity contribution in [1.29, 1.82) is 0 Å². The van der Waals surface area contributed by atoms with E-state index in [1.807, 2.05) is 13.8 Å². The second kappa shape index (κ2) is 10.3.